The molecular formula is C22H17ClN2O2. The van der Waals surface area contributed by atoms with Gasteiger partial charge in [-0.1, -0.05) is 60.1 Å². The van der Waals surface area contributed by atoms with Crippen molar-refractivity contribution in [1.82, 2.24) is 0 Å². The van der Waals surface area contributed by atoms with Gasteiger partial charge in [-0.3, -0.25) is 4.79 Å². The lowest BCUT2D eigenvalue weighted by Gasteiger charge is -2.34. The summed E-state index contributed by atoms with van der Waals surface area (Å²) < 4.78 is 5.76. The molecule has 2 N–H and O–H groups in total. The van der Waals surface area contributed by atoms with Gasteiger partial charge in [-0.2, -0.15) is 5.26 Å². The van der Waals surface area contributed by atoms with E-state index >= 15 is 0 Å². The number of nitrogens with two attached hydrogens (primary N) is 1. The second-order valence-electron chi connectivity index (χ2n) is 6.72. The Balaban J connectivity index is 1.82. The quantitative estimate of drug-likeness (QED) is 0.834. The molecule has 2 atom stereocenters. The summed E-state index contributed by atoms with van der Waals surface area (Å²) in [5.74, 6) is -0.00284. The summed E-state index contributed by atoms with van der Waals surface area (Å²) >= 11 is 6.38. The van der Waals surface area contributed by atoms with Gasteiger partial charge >= 0.3 is 0 Å². The molecule has 1 aliphatic heterocycles. The van der Waals surface area contributed by atoms with E-state index in [2.05, 4.69) is 6.07 Å². The smallest absolute Gasteiger partial charge is 0.205 e. The first-order valence-electron chi connectivity index (χ1n) is 8.73. The average Bonchev–Trinajstić information content (AvgIpc) is 2.68. The van der Waals surface area contributed by atoms with Crippen LogP contribution in [0.5, 0.6) is 0 Å². The molecule has 0 bridgehead atoms. The van der Waals surface area contributed by atoms with Gasteiger partial charge in [0.2, 0.25) is 5.88 Å². The Morgan fingerprint density at radius 3 is 2.48 bits per heavy atom. The number of hydrogen-bond donors (Lipinski definition) is 1. The van der Waals surface area contributed by atoms with Gasteiger partial charge < -0.3 is 10.5 Å². The summed E-state index contributed by atoms with van der Waals surface area (Å²) in [6, 6.07) is 19.2. The zero-order chi connectivity index (χ0) is 19.0. The summed E-state index contributed by atoms with van der Waals surface area (Å²) in [7, 11) is 0. The number of rotatable bonds is 2. The number of nitriles is 1. The first kappa shape index (κ1) is 17.4. The number of nitrogens with zero attached hydrogens (tertiary/aromatic N) is 1. The maximum atomic E-state index is 13.1. The number of benzene rings is 2. The number of carbonyl (C=O) groups is 1. The average molecular weight is 377 g/mol. The van der Waals surface area contributed by atoms with Gasteiger partial charge in [0.15, 0.2) is 5.78 Å². The number of hydrogen-bond acceptors (Lipinski definition) is 4. The van der Waals surface area contributed by atoms with Crippen molar-refractivity contribution < 1.29 is 9.53 Å². The van der Waals surface area contributed by atoms with E-state index in [9.17, 15) is 10.1 Å². The highest BCUT2D eigenvalue weighted by Gasteiger charge is 2.41. The largest absolute Gasteiger partial charge is 0.444 e. The van der Waals surface area contributed by atoms with E-state index in [-0.39, 0.29) is 23.2 Å². The zero-order valence-corrected chi connectivity index (χ0v) is 15.2. The molecule has 134 valence electrons. The van der Waals surface area contributed by atoms with Crippen LogP contribution in [0.25, 0.3) is 0 Å². The molecule has 1 heterocycles. The molecule has 2 aromatic rings. The minimum absolute atomic E-state index is 0.0285. The highest BCUT2D eigenvalue weighted by Crippen LogP contribution is 2.47. The Kier molecular flexibility index (Phi) is 4.47. The lowest BCUT2D eigenvalue weighted by Crippen LogP contribution is -2.30. The molecule has 1 aliphatic carbocycles. The van der Waals surface area contributed by atoms with E-state index in [1.807, 2.05) is 48.5 Å². The third-order valence-electron chi connectivity index (χ3n) is 5.15. The van der Waals surface area contributed by atoms with Gasteiger partial charge in [0.05, 0.1) is 5.92 Å². The zero-order valence-electron chi connectivity index (χ0n) is 14.5. The van der Waals surface area contributed by atoms with E-state index in [1.54, 1.807) is 6.07 Å². The molecular weight excluding hydrogens is 360 g/mol. The van der Waals surface area contributed by atoms with Crippen molar-refractivity contribution in [2.75, 3.05) is 0 Å². The van der Waals surface area contributed by atoms with Crippen LogP contribution in [0.4, 0.5) is 0 Å². The van der Waals surface area contributed by atoms with Crippen LogP contribution in [-0.4, -0.2) is 5.78 Å². The Bertz CT molecular complexity index is 1020. The van der Waals surface area contributed by atoms with Crippen molar-refractivity contribution in [2.24, 2.45) is 5.73 Å². The molecule has 4 rings (SSSR count). The third-order valence-corrected chi connectivity index (χ3v) is 5.49. The molecule has 4 nitrogen and oxygen atoms in total. The summed E-state index contributed by atoms with van der Waals surface area (Å²) in [5, 5.41) is 10.1. The predicted molar refractivity (Wildman–Crippen MR) is 103 cm³/mol. The van der Waals surface area contributed by atoms with Crippen LogP contribution in [-0.2, 0) is 9.53 Å². The highest BCUT2D eigenvalue weighted by atomic mass is 35.5. The number of ketones is 1. The molecule has 0 saturated carbocycles. The molecule has 2 aromatic carbocycles. The number of allylic oxidation sites excluding steroid dienone is 3. The van der Waals surface area contributed by atoms with Gasteiger partial charge in [0.25, 0.3) is 0 Å². The standard InChI is InChI=1S/C22H17ClN2O2/c23-17-9-5-4-8-15(17)20-16(12-24)22(25)27-19-11-14(10-18(26)21(19)20)13-6-2-1-3-7-13/h1-9,14,20H,10-11,25H2/t14-,20+/m1/s1. The maximum absolute atomic E-state index is 13.1. The number of halogens is 1. The second-order valence-corrected chi connectivity index (χ2v) is 7.13. The van der Waals surface area contributed by atoms with Crippen LogP contribution in [0.15, 0.2) is 77.4 Å². The Morgan fingerprint density at radius 1 is 1.07 bits per heavy atom. The molecule has 2 aliphatic rings. The van der Waals surface area contributed by atoms with Gasteiger partial charge in [-0.05, 0) is 23.1 Å². The van der Waals surface area contributed by atoms with E-state index in [0.717, 1.165) is 5.56 Å². The molecule has 27 heavy (non-hydrogen) atoms. The van der Waals surface area contributed by atoms with Crippen LogP contribution in [0, 0.1) is 11.3 Å². The van der Waals surface area contributed by atoms with E-state index in [0.29, 0.717) is 34.8 Å². The Labute approximate surface area is 162 Å². The van der Waals surface area contributed by atoms with Crippen LogP contribution in [0.1, 0.15) is 35.8 Å². The molecule has 0 aromatic heterocycles. The highest BCUT2D eigenvalue weighted by molar-refractivity contribution is 6.31. The summed E-state index contributed by atoms with van der Waals surface area (Å²) in [5.41, 5.74) is 8.56. The lowest BCUT2D eigenvalue weighted by atomic mass is 9.73. The fraction of sp³-hybridized carbons (Fsp3) is 0.182. The molecule has 0 amide bonds. The maximum Gasteiger partial charge on any atom is 0.205 e. The van der Waals surface area contributed by atoms with Gasteiger partial charge in [-0.25, -0.2) is 0 Å². The van der Waals surface area contributed by atoms with E-state index in [4.69, 9.17) is 22.1 Å². The van der Waals surface area contributed by atoms with Gasteiger partial charge in [0.1, 0.15) is 17.4 Å². The normalized spacial score (nSPS) is 22.1. The molecule has 0 fully saturated rings. The molecule has 5 heteroatoms. The van der Waals surface area contributed by atoms with E-state index in [1.165, 1.54) is 0 Å². The first-order valence-corrected chi connectivity index (χ1v) is 9.11. The topological polar surface area (TPSA) is 76.1 Å². The van der Waals surface area contributed by atoms with Crippen molar-refractivity contribution in [3.8, 4) is 6.07 Å². The SMILES string of the molecule is N#CC1=C(N)OC2=C(C(=O)C[C@@H](c3ccccc3)C2)[C@H]1c1ccccc1Cl. The van der Waals surface area contributed by atoms with Crippen molar-refractivity contribution in [2.45, 2.75) is 24.7 Å². The minimum Gasteiger partial charge on any atom is -0.444 e. The number of Topliss-reactive ketones (excluding diaryl/α,β-unsaturated/α-hetero) is 1. The summed E-state index contributed by atoms with van der Waals surface area (Å²) in [6.45, 7) is 0. The van der Waals surface area contributed by atoms with Gasteiger partial charge in [-0.15, -0.1) is 0 Å². The fourth-order valence-electron chi connectivity index (χ4n) is 3.89. The predicted octanol–water partition coefficient (Wildman–Crippen LogP) is 4.55. The number of ether oxygens (including phenoxy) is 1. The number of carbonyl (C=O) groups excluding carboxylic acids is 1. The Morgan fingerprint density at radius 2 is 1.78 bits per heavy atom. The van der Waals surface area contributed by atoms with Crippen molar-refractivity contribution in [3.63, 3.8) is 0 Å². The fourth-order valence-corrected chi connectivity index (χ4v) is 4.13. The van der Waals surface area contributed by atoms with Crippen LogP contribution in [0.3, 0.4) is 0 Å². The van der Waals surface area contributed by atoms with Gasteiger partial charge in [0, 0.05) is 23.4 Å². The molecule has 0 unspecified atom stereocenters. The Hall–Kier alpha value is -3.03. The van der Waals surface area contributed by atoms with Crippen molar-refractivity contribution in [3.05, 3.63) is 93.5 Å². The van der Waals surface area contributed by atoms with Crippen LogP contribution >= 0.6 is 11.6 Å². The summed E-state index contributed by atoms with van der Waals surface area (Å²) in [4.78, 5) is 13.1. The molecule has 0 radical (unpaired) electrons. The van der Waals surface area contributed by atoms with Crippen LogP contribution < -0.4 is 5.73 Å². The van der Waals surface area contributed by atoms with Crippen molar-refractivity contribution in [1.29, 1.82) is 5.26 Å². The van der Waals surface area contributed by atoms with Crippen molar-refractivity contribution >= 4 is 17.4 Å². The minimum atomic E-state index is -0.586. The monoisotopic (exact) mass is 376 g/mol. The lowest BCUT2D eigenvalue weighted by molar-refractivity contribution is -0.117. The molecule has 0 spiro atoms. The molecule has 0 saturated heterocycles. The third kappa shape index (κ3) is 3.01. The summed E-state index contributed by atoms with van der Waals surface area (Å²) in [6.07, 6.45) is 0.928. The second kappa shape index (κ2) is 6.94. The first-order chi connectivity index (χ1) is 13.1. The van der Waals surface area contributed by atoms with Crippen LogP contribution in [0.2, 0.25) is 5.02 Å². The van der Waals surface area contributed by atoms with E-state index < -0.39 is 5.92 Å².